The smallest absolute Gasteiger partial charge is 0.0652 e. The molecule has 0 spiro atoms. The van der Waals surface area contributed by atoms with E-state index in [0.29, 0.717) is 5.92 Å². The van der Waals surface area contributed by atoms with Crippen molar-refractivity contribution in [2.75, 3.05) is 0 Å². The molecule has 1 aliphatic rings. The zero-order valence-corrected chi connectivity index (χ0v) is 4.94. The molecule has 0 aromatic carbocycles. The molecule has 1 unspecified atom stereocenters. The van der Waals surface area contributed by atoms with E-state index in [0.717, 1.165) is 12.8 Å². The molecule has 0 heterocycles. The molecule has 1 N–H and O–H groups in total. The highest BCUT2D eigenvalue weighted by atomic mass is 16.3. The maximum absolute atomic E-state index is 9.09. The largest absolute Gasteiger partial charge is 0.390 e. The van der Waals surface area contributed by atoms with Gasteiger partial charge in [-0.05, 0) is 19.3 Å². The first-order valence-corrected chi connectivity index (χ1v) is 2.89. The highest BCUT2D eigenvalue weighted by Gasteiger charge is 2.46. The number of hydrogen-bond donors (Lipinski definition) is 1. The molecule has 1 aliphatic carbocycles. The third kappa shape index (κ3) is 0.778. The molecule has 0 amide bonds. The van der Waals surface area contributed by atoms with Gasteiger partial charge in [-0.3, -0.25) is 0 Å². The van der Waals surface area contributed by atoms with E-state index in [1.807, 2.05) is 6.92 Å². The molecular weight excluding hydrogens is 88.1 g/mol. The van der Waals surface area contributed by atoms with Crippen LogP contribution in [0, 0.1) is 5.92 Å². The summed E-state index contributed by atoms with van der Waals surface area (Å²) in [5, 5.41) is 9.09. The van der Waals surface area contributed by atoms with Gasteiger partial charge in [-0.2, -0.15) is 0 Å². The van der Waals surface area contributed by atoms with E-state index in [2.05, 4.69) is 6.92 Å². The summed E-state index contributed by atoms with van der Waals surface area (Å²) in [6.07, 6.45) is 2.15. The average Bonchev–Trinajstić information content (AvgIpc) is 2.13. The number of hydrogen-bond acceptors (Lipinski definition) is 1. The van der Waals surface area contributed by atoms with Gasteiger partial charge in [-0.25, -0.2) is 0 Å². The van der Waals surface area contributed by atoms with Crippen LogP contribution in [0.5, 0.6) is 0 Å². The second-order valence-corrected chi connectivity index (χ2v) is 2.67. The van der Waals surface area contributed by atoms with Gasteiger partial charge >= 0.3 is 0 Å². The van der Waals surface area contributed by atoms with E-state index >= 15 is 0 Å². The molecule has 0 aromatic rings. The van der Waals surface area contributed by atoms with Crippen LogP contribution in [0.3, 0.4) is 0 Å². The summed E-state index contributed by atoms with van der Waals surface area (Å²) in [7, 11) is 0. The summed E-state index contributed by atoms with van der Waals surface area (Å²) in [5.74, 6) is 0.604. The topological polar surface area (TPSA) is 20.2 Å². The Labute approximate surface area is 44.4 Å². The fourth-order valence-electron chi connectivity index (χ4n) is 1.02. The minimum Gasteiger partial charge on any atom is -0.390 e. The van der Waals surface area contributed by atoms with Gasteiger partial charge in [0.1, 0.15) is 0 Å². The highest BCUT2D eigenvalue weighted by molar-refractivity contribution is 4.98. The van der Waals surface area contributed by atoms with Crippen molar-refractivity contribution in [2.45, 2.75) is 32.3 Å². The number of rotatable bonds is 1. The van der Waals surface area contributed by atoms with Crippen LogP contribution >= 0.6 is 0 Å². The van der Waals surface area contributed by atoms with Crippen LogP contribution in [0.1, 0.15) is 26.7 Å². The third-order valence-corrected chi connectivity index (χ3v) is 1.87. The molecule has 1 nitrogen and oxygen atoms in total. The zero-order chi connectivity index (χ0) is 5.49. The Bertz CT molecular complexity index is 76.2. The lowest BCUT2D eigenvalue weighted by molar-refractivity contribution is 0.151. The van der Waals surface area contributed by atoms with E-state index in [4.69, 9.17) is 5.11 Å². The summed E-state index contributed by atoms with van der Waals surface area (Å²) < 4.78 is 0. The van der Waals surface area contributed by atoms with Crippen LogP contribution in [0.4, 0.5) is 0 Å². The van der Waals surface area contributed by atoms with Crippen LogP contribution in [0.2, 0.25) is 0 Å². The first-order chi connectivity index (χ1) is 3.17. The molecule has 1 rings (SSSR count). The zero-order valence-electron chi connectivity index (χ0n) is 4.94. The maximum atomic E-state index is 9.09. The Kier molecular flexibility index (Phi) is 0.890. The van der Waals surface area contributed by atoms with Crippen LogP contribution in [0.25, 0.3) is 0 Å². The van der Waals surface area contributed by atoms with Crippen molar-refractivity contribution in [1.29, 1.82) is 0 Å². The van der Waals surface area contributed by atoms with Crippen LogP contribution in [0.15, 0.2) is 0 Å². The molecule has 1 saturated carbocycles. The Morgan fingerprint density at radius 1 is 1.86 bits per heavy atom. The lowest BCUT2D eigenvalue weighted by atomic mass is 10.2. The van der Waals surface area contributed by atoms with Gasteiger partial charge in [-0.15, -0.1) is 0 Å². The Morgan fingerprint density at radius 2 is 2.29 bits per heavy atom. The van der Waals surface area contributed by atoms with Gasteiger partial charge in [0, 0.05) is 0 Å². The summed E-state index contributed by atoms with van der Waals surface area (Å²) in [5.41, 5.74) is -0.283. The van der Waals surface area contributed by atoms with E-state index in [1.165, 1.54) is 0 Å². The SMILES string of the molecule is CCC1C[C@@]1(C)O. The number of aliphatic hydroxyl groups is 1. The first-order valence-electron chi connectivity index (χ1n) is 2.89. The van der Waals surface area contributed by atoms with E-state index in [1.54, 1.807) is 0 Å². The normalized spacial score (nSPS) is 49.3. The molecule has 42 valence electrons. The maximum Gasteiger partial charge on any atom is 0.0652 e. The Balaban J connectivity index is 2.30. The molecule has 0 radical (unpaired) electrons. The molecular formula is C6H12O. The van der Waals surface area contributed by atoms with Crippen molar-refractivity contribution < 1.29 is 5.11 Å². The van der Waals surface area contributed by atoms with Crippen LogP contribution in [-0.2, 0) is 0 Å². The first kappa shape index (κ1) is 5.10. The van der Waals surface area contributed by atoms with Gasteiger partial charge in [0.25, 0.3) is 0 Å². The molecule has 0 aromatic heterocycles. The minimum absolute atomic E-state index is 0.283. The Morgan fingerprint density at radius 3 is 2.29 bits per heavy atom. The summed E-state index contributed by atoms with van der Waals surface area (Å²) in [4.78, 5) is 0. The van der Waals surface area contributed by atoms with Crippen molar-refractivity contribution in [1.82, 2.24) is 0 Å². The summed E-state index contributed by atoms with van der Waals surface area (Å²) in [6.45, 7) is 4.02. The second kappa shape index (κ2) is 1.22. The van der Waals surface area contributed by atoms with Crippen molar-refractivity contribution >= 4 is 0 Å². The molecule has 1 fully saturated rings. The van der Waals surface area contributed by atoms with Crippen molar-refractivity contribution in [3.63, 3.8) is 0 Å². The van der Waals surface area contributed by atoms with E-state index in [9.17, 15) is 0 Å². The predicted molar refractivity (Wildman–Crippen MR) is 29.0 cm³/mol. The summed E-state index contributed by atoms with van der Waals surface area (Å²) in [6, 6.07) is 0. The molecule has 0 bridgehead atoms. The van der Waals surface area contributed by atoms with Crippen molar-refractivity contribution in [3.8, 4) is 0 Å². The van der Waals surface area contributed by atoms with Gasteiger partial charge in [-0.1, -0.05) is 13.3 Å². The monoisotopic (exact) mass is 100 g/mol. The van der Waals surface area contributed by atoms with Gasteiger partial charge in [0.15, 0.2) is 0 Å². The summed E-state index contributed by atoms with van der Waals surface area (Å²) >= 11 is 0. The van der Waals surface area contributed by atoms with Crippen molar-refractivity contribution in [2.24, 2.45) is 5.92 Å². The second-order valence-electron chi connectivity index (χ2n) is 2.67. The van der Waals surface area contributed by atoms with Crippen LogP contribution < -0.4 is 0 Å². The molecule has 0 saturated heterocycles. The van der Waals surface area contributed by atoms with Gasteiger partial charge < -0.3 is 5.11 Å². The lowest BCUT2D eigenvalue weighted by Crippen LogP contribution is -2.01. The van der Waals surface area contributed by atoms with E-state index in [-0.39, 0.29) is 5.60 Å². The molecule has 7 heavy (non-hydrogen) atoms. The standard InChI is InChI=1S/C6H12O/c1-3-5-4-6(5,2)7/h5,7H,3-4H2,1-2H3/t5?,6-/m1/s1. The molecule has 2 atom stereocenters. The van der Waals surface area contributed by atoms with Crippen LogP contribution in [-0.4, -0.2) is 10.7 Å². The molecule has 0 aliphatic heterocycles. The van der Waals surface area contributed by atoms with Gasteiger partial charge in [0.05, 0.1) is 5.60 Å². The Hall–Kier alpha value is -0.0400. The highest BCUT2D eigenvalue weighted by Crippen LogP contribution is 2.44. The van der Waals surface area contributed by atoms with Crippen molar-refractivity contribution in [3.05, 3.63) is 0 Å². The predicted octanol–water partition coefficient (Wildman–Crippen LogP) is 1.17. The molecule has 1 heteroatoms. The lowest BCUT2D eigenvalue weighted by Gasteiger charge is -1.95. The third-order valence-electron chi connectivity index (χ3n) is 1.87. The average molecular weight is 100 g/mol. The van der Waals surface area contributed by atoms with Gasteiger partial charge in [0.2, 0.25) is 0 Å². The minimum atomic E-state index is -0.283. The fourth-order valence-corrected chi connectivity index (χ4v) is 1.02. The van der Waals surface area contributed by atoms with E-state index < -0.39 is 0 Å². The quantitative estimate of drug-likeness (QED) is 0.524. The fraction of sp³-hybridized carbons (Fsp3) is 1.00.